The smallest absolute Gasteiger partial charge is 0.0900 e. The van der Waals surface area contributed by atoms with E-state index in [0.717, 1.165) is 31.1 Å². The first-order valence-electron chi connectivity index (χ1n) is 7.80. The van der Waals surface area contributed by atoms with Gasteiger partial charge in [0, 0.05) is 13.1 Å². The molecule has 1 N–H and O–H groups in total. The normalized spacial score (nSPS) is 21.8. The molecule has 2 unspecified atom stereocenters. The molecular formula is C17H27NO2. The lowest BCUT2D eigenvalue weighted by Crippen LogP contribution is -2.41. The third kappa shape index (κ3) is 5.23. The molecule has 1 aliphatic rings. The van der Waals surface area contributed by atoms with Gasteiger partial charge in [-0.15, -0.1) is 0 Å². The molecule has 3 heteroatoms. The van der Waals surface area contributed by atoms with Crippen molar-refractivity contribution in [2.24, 2.45) is 5.92 Å². The summed E-state index contributed by atoms with van der Waals surface area (Å²) in [7, 11) is 0. The minimum absolute atomic E-state index is 0.380. The number of aliphatic hydroxyl groups is 1. The molecule has 0 aromatic heterocycles. The van der Waals surface area contributed by atoms with Crippen LogP contribution in [0.1, 0.15) is 31.7 Å². The minimum Gasteiger partial charge on any atom is -0.389 e. The first kappa shape index (κ1) is 15.5. The van der Waals surface area contributed by atoms with E-state index >= 15 is 0 Å². The summed E-state index contributed by atoms with van der Waals surface area (Å²) in [6.45, 7) is 6.25. The van der Waals surface area contributed by atoms with Crippen LogP contribution in [-0.4, -0.2) is 42.4 Å². The lowest BCUT2D eigenvalue weighted by molar-refractivity contribution is 0.00288. The Balaban J connectivity index is 1.63. The van der Waals surface area contributed by atoms with Crippen molar-refractivity contribution in [3.05, 3.63) is 35.9 Å². The van der Waals surface area contributed by atoms with Gasteiger partial charge in [-0.1, -0.05) is 43.7 Å². The third-order valence-electron chi connectivity index (χ3n) is 4.07. The second-order valence-electron chi connectivity index (χ2n) is 5.83. The Bertz CT molecular complexity index is 369. The van der Waals surface area contributed by atoms with Gasteiger partial charge in [0.05, 0.1) is 19.3 Å². The molecule has 1 aromatic carbocycles. The van der Waals surface area contributed by atoms with E-state index in [4.69, 9.17) is 4.74 Å². The molecule has 112 valence electrons. The fraction of sp³-hybridized carbons (Fsp3) is 0.647. The summed E-state index contributed by atoms with van der Waals surface area (Å²) in [6, 6.07) is 10.1. The van der Waals surface area contributed by atoms with Crippen molar-refractivity contribution in [3.63, 3.8) is 0 Å². The van der Waals surface area contributed by atoms with Crippen molar-refractivity contribution < 1.29 is 9.84 Å². The molecular weight excluding hydrogens is 250 g/mol. The Hall–Kier alpha value is -0.900. The van der Waals surface area contributed by atoms with E-state index in [1.807, 2.05) is 30.3 Å². The highest BCUT2D eigenvalue weighted by molar-refractivity contribution is 5.13. The van der Waals surface area contributed by atoms with E-state index in [1.54, 1.807) is 0 Å². The molecule has 0 bridgehead atoms. The highest BCUT2D eigenvalue weighted by atomic mass is 16.5. The molecule has 1 aliphatic heterocycles. The summed E-state index contributed by atoms with van der Waals surface area (Å²) in [5.74, 6) is 0.807. The van der Waals surface area contributed by atoms with Crippen LogP contribution in [-0.2, 0) is 11.3 Å². The first-order chi connectivity index (χ1) is 9.78. The minimum atomic E-state index is -0.380. The van der Waals surface area contributed by atoms with Crippen molar-refractivity contribution in [3.8, 4) is 0 Å². The lowest BCUT2D eigenvalue weighted by Gasteiger charge is -2.33. The summed E-state index contributed by atoms with van der Waals surface area (Å²) in [6.07, 6.45) is 3.47. The van der Waals surface area contributed by atoms with Crippen LogP contribution in [0.2, 0.25) is 0 Å². The van der Waals surface area contributed by atoms with E-state index in [1.165, 1.54) is 19.3 Å². The van der Waals surface area contributed by atoms with Crippen LogP contribution in [0.4, 0.5) is 0 Å². The van der Waals surface area contributed by atoms with E-state index < -0.39 is 0 Å². The molecule has 3 nitrogen and oxygen atoms in total. The van der Waals surface area contributed by atoms with Crippen molar-refractivity contribution in [2.45, 2.75) is 38.9 Å². The van der Waals surface area contributed by atoms with Gasteiger partial charge in [0.15, 0.2) is 0 Å². The van der Waals surface area contributed by atoms with Gasteiger partial charge < -0.3 is 14.7 Å². The third-order valence-corrected chi connectivity index (χ3v) is 4.07. The summed E-state index contributed by atoms with van der Waals surface area (Å²) in [4.78, 5) is 2.38. The standard InChI is InChI=1S/C17H27NO2/c1-2-15-9-6-10-18(11-15)12-17(19)14-20-13-16-7-4-3-5-8-16/h3-5,7-8,15,17,19H,2,6,9-14H2,1H3. The molecule has 0 radical (unpaired) electrons. The molecule has 2 rings (SSSR count). The molecule has 1 heterocycles. The number of hydrogen-bond acceptors (Lipinski definition) is 3. The Morgan fingerprint density at radius 1 is 1.35 bits per heavy atom. The summed E-state index contributed by atoms with van der Waals surface area (Å²) < 4.78 is 5.60. The number of hydrogen-bond donors (Lipinski definition) is 1. The van der Waals surface area contributed by atoms with E-state index in [2.05, 4.69) is 11.8 Å². The summed E-state index contributed by atoms with van der Waals surface area (Å²) in [5, 5.41) is 10.1. The Morgan fingerprint density at radius 2 is 2.15 bits per heavy atom. The van der Waals surface area contributed by atoms with Crippen LogP contribution < -0.4 is 0 Å². The maximum atomic E-state index is 10.1. The zero-order valence-corrected chi connectivity index (χ0v) is 12.5. The predicted octanol–water partition coefficient (Wildman–Crippen LogP) is 2.69. The maximum absolute atomic E-state index is 10.1. The molecule has 0 amide bonds. The Kier molecular flexibility index (Phi) is 6.51. The molecule has 0 spiro atoms. The van der Waals surface area contributed by atoms with Crippen molar-refractivity contribution in [1.29, 1.82) is 0 Å². The fourth-order valence-corrected chi connectivity index (χ4v) is 2.89. The molecule has 1 aromatic rings. The molecule has 1 saturated heterocycles. The van der Waals surface area contributed by atoms with Crippen molar-refractivity contribution >= 4 is 0 Å². The molecule has 2 atom stereocenters. The number of aliphatic hydroxyl groups excluding tert-OH is 1. The number of ether oxygens (including phenoxy) is 1. The molecule has 1 fully saturated rings. The van der Waals surface area contributed by atoms with E-state index in [0.29, 0.717) is 13.2 Å². The van der Waals surface area contributed by atoms with Gasteiger partial charge in [-0.05, 0) is 30.9 Å². The number of rotatable bonds is 7. The SMILES string of the molecule is CCC1CCCN(CC(O)COCc2ccccc2)C1. The predicted molar refractivity (Wildman–Crippen MR) is 81.6 cm³/mol. The van der Waals surface area contributed by atoms with Crippen LogP contribution >= 0.6 is 0 Å². The van der Waals surface area contributed by atoms with E-state index in [-0.39, 0.29) is 6.10 Å². The number of β-amino-alcohol motifs (C(OH)–C–C–N with tert-alkyl or cyclic N) is 1. The number of benzene rings is 1. The van der Waals surface area contributed by atoms with Crippen LogP contribution in [0.15, 0.2) is 30.3 Å². The van der Waals surface area contributed by atoms with Gasteiger partial charge in [-0.25, -0.2) is 0 Å². The Labute approximate surface area is 122 Å². The van der Waals surface area contributed by atoms with Gasteiger partial charge in [0.2, 0.25) is 0 Å². The van der Waals surface area contributed by atoms with Gasteiger partial charge in [-0.2, -0.15) is 0 Å². The highest BCUT2D eigenvalue weighted by Gasteiger charge is 2.20. The molecule has 20 heavy (non-hydrogen) atoms. The molecule has 0 aliphatic carbocycles. The van der Waals surface area contributed by atoms with Crippen LogP contribution in [0.3, 0.4) is 0 Å². The first-order valence-corrected chi connectivity index (χ1v) is 7.80. The number of nitrogens with zero attached hydrogens (tertiary/aromatic N) is 1. The quantitative estimate of drug-likeness (QED) is 0.832. The monoisotopic (exact) mass is 277 g/mol. The topological polar surface area (TPSA) is 32.7 Å². The second kappa shape index (κ2) is 8.40. The molecule has 0 saturated carbocycles. The average molecular weight is 277 g/mol. The summed E-state index contributed by atoms with van der Waals surface area (Å²) in [5.41, 5.74) is 1.16. The van der Waals surface area contributed by atoms with E-state index in [9.17, 15) is 5.11 Å². The number of piperidine rings is 1. The average Bonchev–Trinajstić information content (AvgIpc) is 2.48. The zero-order chi connectivity index (χ0) is 14.2. The highest BCUT2D eigenvalue weighted by Crippen LogP contribution is 2.19. The van der Waals surface area contributed by atoms with Gasteiger partial charge in [0.25, 0.3) is 0 Å². The Morgan fingerprint density at radius 3 is 2.90 bits per heavy atom. The van der Waals surface area contributed by atoms with Crippen molar-refractivity contribution in [1.82, 2.24) is 4.90 Å². The lowest BCUT2D eigenvalue weighted by atomic mass is 9.95. The van der Waals surface area contributed by atoms with Gasteiger partial charge >= 0.3 is 0 Å². The van der Waals surface area contributed by atoms with Crippen LogP contribution in [0.25, 0.3) is 0 Å². The zero-order valence-electron chi connectivity index (χ0n) is 12.5. The van der Waals surface area contributed by atoms with Crippen molar-refractivity contribution in [2.75, 3.05) is 26.2 Å². The number of likely N-dealkylation sites (tertiary alicyclic amines) is 1. The maximum Gasteiger partial charge on any atom is 0.0900 e. The van der Waals surface area contributed by atoms with Gasteiger partial charge in [-0.3, -0.25) is 0 Å². The van der Waals surface area contributed by atoms with Crippen LogP contribution in [0, 0.1) is 5.92 Å². The second-order valence-corrected chi connectivity index (χ2v) is 5.83. The van der Waals surface area contributed by atoms with Gasteiger partial charge in [0.1, 0.15) is 0 Å². The largest absolute Gasteiger partial charge is 0.389 e. The fourth-order valence-electron chi connectivity index (χ4n) is 2.89. The summed E-state index contributed by atoms with van der Waals surface area (Å²) >= 11 is 0. The van der Waals surface area contributed by atoms with Crippen LogP contribution in [0.5, 0.6) is 0 Å².